The van der Waals surface area contributed by atoms with Crippen molar-refractivity contribution < 1.29 is 24.2 Å². The number of ether oxygens (including phenoxy) is 2. The van der Waals surface area contributed by atoms with Crippen LogP contribution in [0, 0.1) is 0 Å². The number of unbranched alkanes of at least 4 members (excludes halogenated alkanes) is 60. The molecule has 0 aliphatic rings. The monoisotopic (exact) mass is 1310 g/mol. The van der Waals surface area contributed by atoms with Gasteiger partial charge in [-0.15, -0.1) is 0 Å². The van der Waals surface area contributed by atoms with Gasteiger partial charge in [-0.1, -0.05) is 440 Å². The Hall–Kier alpha value is -2.66. The van der Waals surface area contributed by atoms with Gasteiger partial charge in [0, 0.05) is 12.8 Å². The molecule has 0 aromatic rings. The van der Waals surface area contributed by atoms with Crippen LogP contribution in [0.5, 0.6) is 0 Å². The van der Waals surface area contributed by atoms with Gasteiger partial charge in [0.1, 0.15) is 6.61 Å². The third kappa shape index (κ3) is 81.8. The largest absolute Gasteiger partial charge is 0.462 e. The van der Waals surface area contributed by atoms with Crippen LogP contribution >= 0.6 is 0 Å². The molecule has 94 heavy (non-hydrogen) atoms. The van der Waals surface area contributed by atoms with Crippen LogP contribution in [0.25, 0.3) is 0 Å². The van der Waals surface area contributed by atoms with Gasteiger partial charge in [-0.25, -0.2) is 0 Å². The summed E-state index contributed by atoms with van der Waals surface area (Å²) in [5.41, 5.74) is 0. The molecule has 0 aromatic heterocycles. The third-order valence-corrected chi connectivity index (χ3v) is 19.5. The standard InChI is InChI=1S/C89H164O5/c1-3-5-7-9-11-13-15-17-19-21-23-25-27-29-31-33-35-37-39-41-43-44-46-47-49-51-53-55-57-59-61-63-65-67-69-71-73-75-77-79-81-83-88(91)93-86-87(85-90)94-89(92)84-82-80-78-76-74-72-70-68-66-64-62-60-58-56-54-52-50-48-45-42-40-38-36-34-32-30-28-26-24-22-20-18-16-14-12-10-8-6-4-2/h6,8,12,14-15,17-18,20-21,23-24,26,87,90H,3-5,7,9-11,13,16,19,22,25,27-86H2,1-2H3/b8-6-,14-12-,17-15-,20-18-,23-21-,26-24-. The summed E-state index contributed by atoms with van der Waals surface area (Å²) in [5, 5.41) is 9.74. The molecule has 0 amide bonds. The fourth-order valence-electron chi connectivity index (χ4n) is 13.2. The van der Waals surface area contributed by atoms with E-state index in [1.807, 2.05) is 0 Å². The Morgan fingerprint density at radius 2 is 0.457 bits per heavy atom. The number of hydrogen-bond donors (Lipinski definition) is 1. The number of rotatable bonds is 80. The van der Waals surface area contributed by atoms with Crippen molar-refractivity contribution in [1.29, 1.82) is 0 Å². The van der Waals surface area contributed by atoms with E-state index in [2.05, 4.69) is 86.8 Å². The van der Waals surface area contributed by atoms with Gasteiger partial charge in [0.25, 0.3) is 0 Å². The summed E-state index contributed by atoms with van der Waals surface area (Å²) >= 11 is 0. The van der Waals surface area contributed by atoms with Gasteiger partial charge >= 0.3 is 11.9 Å². The summed E-state index contributed by atoms with van der Waals surface area (Å²) in [4.78, 5) is 24.8. The van der Waals surface area contributed by atoms with E-state index < -0.39 is 6.10 Å². The minimum absolute atomic E-state index is 0.0593. The Bertz CT molecular complexity index is 1640. The first kappa shape index (κ1) is 91.3. The summed E-state index contributed by atoms with van der Waals surface area (Å²) in [6, 6.07) is 0. The number of hydrogen-bond acceptors (Lipinski definition) is 5. The van der Waals surface area contributed by atoms with E-state index in [0.717, 1.165) is 64.2 Å². The molecular formula is C89H164O5. The van der Waals surface area contributed by atoms with Crippen molar-refractivity contribution in [1.82, 2.24) is 0 Å². The molecule has 0 bridgehead atoms. The molecule has 0 fully saturated rings. The fraction of sp³-hybridized carbons (Fsp3) is 0.843. The molecule has 0 rings (SSSR count). The summed E-state index contributed by atoms with van der Waals surface area (Å²) in [6.07, 6.45) is 119. The molecule has 1 N–H and O–H groups in total. The van der Waals surface area contributed by atoms with Crippen LogP contribution < -0.4 is 0 Å². The van der Waals surface area contributed by atoms with Crippen molar-refractivity contribution in [2.24, 2.45) is 0 Å². The molecule has 0 saturated heterocycles. The summed E-state index contributed by atoms with van der Waals surface area (Å²) in [7, 11) is 0. The number of esters is 2. The predicted octanol–water partition coefficient (Wildman–Crippen LogP) is 30.1. The van der Waals surface area contributed by atoms with Crippen molar-refractivity contribution in [2.75, 3.05) is 13.2 Å². The summed E-state index contributed by atoms with van der Waals surface area (Å²) in [5.74, 6) is -0.562. The smallest absolute Gasteiger partial charge is 0.306 e. The molecule has 550 valence electrons. The van der Waals surface area contributed by atoms with Crippen LogP contribution in [-0.2, 0) is 19.1 Å². The Morgan fingerprint density at radius 1 is 0.255 bits per heavy atom. The minimum atomic E-state index is -0.771. The zero-order valence-corrected chi connectivity index (χ0v) is 63.5. The third-order valence-electron chi connectivity index (χ3n) is 19.5. The Kier molecular flexibility index (Phi) is 82.2. The highest BCUT2D eigenvalue weighted by Crippen LogP contribution is 2.20. The van der Waals surface area contributed by atoms with E-state index in [-0.39, 0.29) is 25.2 Å². The van der Waals surface area contributed by atoms with Crippen LogP contribution in [-0.4, -0.2) is 36.4 Å². The van der Waals surface area contributed by atoms with Crippen LogP contribution in [0.15, 0.2) is 72.9 Å². The highest BCUT2D eigenvalue weighted by molar-refractivity contribution is 5.70. The van der Waals surface area contributed by atoms with E-state index in [1.54, 1.807) is 0 Å². The normalized spacial score (nSPS) is 12.5. The molecule has 0 spiro atoms. The maximum absolute atomic E-state index is 12.4. The first-order chi connectivity index (χ1) is 46.6. The van der Waals surface area contributed by atoms with Crippen LogP contribution in [0.4, 0.5) is 0 Å². The van der Waals surface area contributed by atoms with Gasteiger partial charge in [-0.05, 0) is 83.5 Å². The van der Waals surface area contributed by atoms with E-state index >= 15 is 0 Å². The second-order valence-corrected chi connectivity index (χ2v) is 28.9. The lowest BCUT2D eigenvalue weighted by Gasteiger charge is -2.15. The van der Waals surface area contributed by atoms with E-state index in [1.165, 1.54) is 372 Å². The molecule has 0 aromatic carbocycles. The first-order valence-electron chi connectivity index (χ1n) is 42.5. The van der Waals surface area contributed by atoms with Crippen molar-refractivity contribution in [3.63, 3.8) is 0 Å². The fourth-order valence-corrected chi connectivity index (χ4v) is 13.2. The second-order valence-electron chi connectivity index (χ2n) is 28.9. The quantitative estimate of drug-likeness (QED) is 0.0373. The molecule has 1 unspecified atom stereocenters. The Labute approximate surface area is 588 Å². The Balaban J connectivity index is 3.35. The minimum Gasteiger partial charge on any atom is -0.462 e. The number of carbonyl (C=O) groups is 2. The lowest BCUT2D eigenvalue weighted by molar-refractivity contribution is -0.161. The van der Waals surface area contributed by atoms with E-state index in [0.29, 0.717) is 12.8 Å². The van der Waals surface area contributed by atoms with Gasteiger partial charge in [0.15, 0.2) is 6.10 Å². The van der Waals surface area contributed by atoms with Crippen molar-refractivity contribution in [3.05, 3.63) is 72.9 Å². The Morgan fingerprint density at radius 3 is 0.691 bits per heavy atom. The molecule has 0 aliphatic carbocycles. The van der Waals surface area contributed by atoms with Crippen LogP contribution in [0.2, 0.25) is 0 Å². The van der Waals surface area contributed by atoms with Crippen LogP contribution in [0.3, 0.4) is 0 Å². The zero-order valence-electron chi connectivity index (χ0n) is 63.5. The molecule has 1 atom stereocenters. The first-order valence-corrected chi connectivity index (χ1v) is 42.5. The predicted molar refractivity (Wildman–Crippen MR) is 417 cm³/mol. The van der Waals surface area contributed by atoms with Gasteiger partial charge in [0.2, 0.25) is 0 Å². The molecule has 5 heteroatoms. The zero-order chi connectivity index (χ0) is 67.5. The van der Waals surface area contributed by atoms with E-state index in [4.69, 9.17) is 9.47 Å². The number of aliphatic hydroxyl groups excluding tert-OH is 1. The highest BCUT2D eigenvalue weighted by Gasteiger charge is 2.16. The maximum Gasteiger partial charge on any atom is 0.306 e. The van der Waals surface area contributed by atoms with Gasteiger partial charge in [0.05, 0.1) is 6.61 Å². The number of aliphatic hydroxyl groups is 1. The number of allylic oxidation sites excluding steroid dienone is 12. The average Bonchev–Trinajstić information content (AvgIpc) is 3.65. The maximum atomic E-state index is 12.4. The molecular weight excluding hydrogens is 1150 g/mol. The second kappa shape index (κ2) is 84.6. The van der Waals surface area contributed by atoms with Gasteiger partial charge in [-0.2, -0.15) is 0 Å². The average molecular weight is 1310 g/mol. The summed E-state index contributed by atoms with van der Waals surface area (Å²) in [6.45, 7) is 4.08. The van der Waals surface area contributed by atoms with Gasteiger partial charge < -0.3 is 14.6 Å². The molecule has 0 heterocycles. The number of carbonyl (C=O) groups excluding carboxylic acids is 2. The van der Waals surface area contributed by atoms with Crippen molar-refractivity contribution in [3.8, 4) is 0 Å². The van der Waals surface area contributed by atoms with Gasteiger partial charge in [-0.3, -0.25) is 9.59 Å². The lowest BCUT2D eigenvalue weighted by Crippen LogP contribution is -2.28. The SMILES string of the molecule is CC/C=C\C/C=C\C/C=C\C/C=C\CCCCCCCCCCCCCCCCCCCCCCCCCCCCC(=O)OC(CO)COC(=O)CCCCCCCCCCCCCCCCCCCCCCCCCCCCCCC/C=C\C/C=C\CCCCCCC. The lowest BCUT2D eigenvalue weighted by atomic mass is 10.0. The highest BCUT2D eigenvalue weighted by atomic mass is 16.6. The van der Waals surface area contributed by atoms with E-state index in [9.17, 15) is 14.7 Å². The molecule has 5 nitrogen and oxygen atoms in total. The van der Waals surface area contributed by atoms with Crippen LogP contribution in [0.1, 0.15) is 463 Å². The van der Waals surface area contributed by atoms with Crippen molar-refractivity contribution >= 4 is 11.9 Å². The van der Waals surface area contributed by atoms with Crippen molar-refractivity contribution in [2.45, 2.75) is 469 Å². The topological polar surface area (TPSA) is 72.8 Å². The molecule has 0 saturated carbocycles. The molecule has 0 radical (unpaired) electrons. The molecule has 0 aliphatic heterocycles. The summed E-state index contributed by atoms with van der Waals surface area (Å²) < 4.78 is 10.8.